The Bertz CT molecular complexity index is 546. The van der Waals surface area contributed by atoms with Gasteiger partial charge in [0.2, 0.25) is 0 Å². The quantitative estimate of drug-likeness (QED) is 0.835. The van der Waals surface area contributed by atoms with Crippen LogP contribution in [-0.2, 0) is 0 Å². The van der Waals surface area contributed by atoms with Crippen LogP contribution in [0.25, 0.3) is 11.3 Å². The van der Waals surface area contributed by atoms with Gasteiger partial charge in [0.1, 0.15) is 28.8 Å². The first kappa shape index (κ1) is 10.8. The molecule has 16 heavy (non-hydrogen) atoms. The number of halogens is 3. The molecule has 1 aromatic heterocycles. The minimum atomic E-state index is -0.624. The fourth-order valence-corrected chi connectivity index (χ4v) is 1.45. The van der Waals surface area contributed by atoms with Crippen molar-refractivity contribution >= 4 is 17.4 Å². The monoisotopic (exact) mass is 241 g/mol. The summed E-state index contributed by atoms with van der Waals surface area (Å²) in [6.07, 6.45) is 1.14. The molecule has 0 aliphatic heterocycles. The van der Waals surface area contributed by atoms with E-state index in [1.807, 2.05) is 0 Å². The van der Waals surface area contributed by atoms with Gasteiger partial charge in [0, 0.05) is 5.56 Å². The average Bonchev–Trinajstić information content (AvgIpc) is 2.26. The molecule has 0 spiro atoms. The van der Waals surface area contributed by atoms with Crippen molar-refractivity contribution in [1.29, 1.82) is 0 Å². The lowest BCUT2D eigenvalue weighted by molar-refractivity contribution is 0.602. The summed E-state index contributed by atoms with van der Waals surface area (Å²) in [5.74, 6) is -1.18. The molecule has 0 fully saturated rings. The van der Waals surface area contributed by atoms with Crippen molar-refractivity contribution in [2.75, 3.05) is 5.73 Å². The zero-order valence-electron chi connectivity index (χ0n) is 7.92. The van der Waals surface area contributed by atoms with E-state index in [2.05, 4.69) is 9.97 Å². The fourth-order valence-electron chi connectivity index (χ4n) is 1.25. The van der Waals surface area contributed by atoms with E-state index in [9.17, 15) is 8.78 Å². The van der Waals surface area contributed by atoms with Gasteiger partial charge in [-0.1, -0.05) is 11.6 Å². The molecule has 2 rings (SSSR count). The number of hydrogen-bond acceptors (Lipinski definition) is 3. The zero-order valence-corrected chi connectivity index (χ0v) is 8.67. The number of nitrogens with two attached hydrogens (primary N) is 1. The second-order valence-corrected chi connectivity index (χ2v) is 3.42. The SMILES string of the molecule is Nc1ncnc(-c2cc(F)ccc2F)c1Cl. The molecule has 3 nitrogen and oxygen atoms in total. The van der Waals surface area contributed by atoms with Crippen molar-refractivity contribution in [3.63, 3.8) is 0 Å². The Morgan fingerprint density at radius 1 is 1.19 bits per heavy atom. The van der Waals surface area contributed by atoms with E-state index < -0.39 is 11.6 Å². The molecule has 0 aliphatic carbocycles. The third kappa shape index (κ3) is 1.81. The summed E-state index contributed by atoms with van der Waals surface area (Å²) < 4.78 is 26.4. The van der Waals surface area contributed by atoms with E-state index in [-0.39, 0.29) is 22.1 Å². The number of nitrogens with zero attached hydrogens (tertiary/aromatic N) is 2. The van der Waals surface area contributed by atoms with Crippen molar-refractivity contribution < 1.29 is 8.78 Å². The molecule has 0 unspecified atom stereocenters. The Morgan fingerprint density at radius 3 is 2.69 bits per heavy atom. The Morgan fingerprint density at radius 2 is 1.94 bits per heavy atom. The summed E-state index contributed by atoms with van der Waals surface area (Å²) in [7, 11) is 0. The van der Waals surface area contributed by atoms with Gasteiger partial charge in [0.05, 0.1) is 5.69 Å². The lowest BCUT2D eigenvalue weighted by Gasteiger charge is -2.05. The highest BCUT2D eigenvalue weighted by molar-refractivity contribution is 6.35. The second-order valence-electron chi connectivity index (χ2n) is 3.05. The molecule has 0 radical (unpaired) electrons. The van der Waals surface area contributed by atoms with Crippen LogP contribution in [0.5, 0.6) is 0 Å². The second kappa shape index (κ2) is 4.02. The molecule has 0 amide bonds. The molecular formula is C10H6ClF2N3. The Labute approximate surface area is 94.9 Å². The van der Waals surface area contributed by atoms with Gasteiger partial charge < -0.3 is 5.73 Å². The first-order valence-corrected chi connectivity index (χ1v) is 4.69. The maximum Gasteiger partial charge on any atom is 0.146 e. The molecule has 1 heterocycles. The maximum absolute atomic E-state index is 13.4. The van der Waals surface area contributed by atoms with Crippen LogP contribution < -0.4 is 5.73 Å². The van der Waals surface area contributed by atoms with E-state index in [0.29, 0.717) is 0 Å². The van der Waals surface area contributed by atoms with E-state index in [4.69, 9.17) is 17.3 Å². The molecular weight excluding hydrogens is 236 g/mol. The highest BCUT2D eigenvalue weighted by Crippen LogP contribution is 2.30. The molecule has 1 aromatic carbocycles. The number of aromatic nitrogens is 2. The predicted molar refractivity (Wildman–Crippen MR) is 56.8 cm³/mol. The molecule has 6 heteroatoms. The van der Waals surface area contributed by atoms with Crippen molar-refractivity contribution in [3.05, 3.63) is 41.2 Å². The molecule has 82 valence electrons. The van der Waals surface area contributed by atoms with Gasteiger partial charge in [0.25, 0.3) is 0 Å². The van der Waals surface area contributed by atoms with Crippen LogP contribution in [0.15, 0.2) is 24.5 Å². The van der Waals surface area contributed by atoms with E-state index in [1.165, 1.54) is 0 Å². The highest BCUT2D eigenvalue weighted by atomic mass is 35.5. The van der Waals surface area contributed by atoms with Gasteiger partial charge in [-0.15, -0.1) is 0 Å². The summed E-state index contributed by atoms with van der Waals surface area (Å²) in [6.45, 7) is 0. The third-order valence-corrected chi connectivity index (χ3v) is 2.37. The van der Waals surface area contributed by atoms with Gasteiger partial charge in [-0.05, 0) is 18.2 Å². The molecule has 2 aromatic rings. The summed E-state index contributed by atoms with van der Waals surface area (Å²) in [4.78, 5) is 7.42. The third-order valence-electron chi connectivity index (χ3n) is 2.00. The number of hydrogen-bond donors (Lipinski definition) is 1. The van der Waals surface area contributed by atoms with Crippen molar-refractivity contribution in [1.82, 2.24) is 9.97 Å². The lowest BCUT2D eigenvalue weighted by Crippen LogP contribution is -1.97. The smallest absolute Gasteiger partial charge is 0.146 e. The zero-order chi connectivity index (χ0) is 11.7. The maximum atomic E-state index is 13.4. The molecule has 0 aliphatic rings. The van der Waals surface area contributed by atoms with Crippen LogP contribution in [0.2, 0.25) is 5.02 Å². The first-order chi connectivity index (χ1) is 7.59. The Hall–Kier alpha value is -1.75. The number of nitrogen functional groups attached to an aromatic ring is 1. The first-order valence-electron chi connectivity index (χ1n) is 4.31. The largest absolute Gasteiger partial charge is 0.382 e. The van der Waals surface area contributed by atoms with Crippen LogP contribution in [0, 0.1) is 11.6 Å². The van der Waals surface area contributed by atoms with Crippen LogP contribution in [0.1, 0.15) is 0 Å². The van der Waals surface area contributed by atoms with E-state index in [0.717, 1.165) is 24.5 Å². The summed E-state index contributed by atoms with van der Waals surface area (Å²) in [6, 6.07) is 3.01. The molecule has 0 bridgehead atoms. The molecule has 2 N–H and O–H groups in total. The van der Waals surface area contributed by atoms with Gasteiger partial charge in [0.15, 0.2) is 0 Å². The van der Waals surface area contributed by atoms with Gasteiger partial charge in [-0.25, -0.2) is 18.7 Å². The normalized spacial score (nSPS) is 10.4. The van der Waals surface area contributed by atoms with Crippen LogP contribution in [0.3, 0.4) is 0 Å². The van der Waals surface area contributed by atoms with Gasteiger partial charge in [-0.2, -0.15) is 0 Å². The van der Waals surface area contributed by atoms with E-state index >= 15 is 0 Å². The van der Waals surface area contributed by atoms with E-state index in [1.54, 1.807) is 0 Å². The topological polar surface area (TPSA) is 51.8 Å². The Kier molecular flexibility index (Phi) is 2.70. The Balaban J connectivity index is 2.67. The summed E-state index contributed by atoms with van der Waals surface area (Å²) >= 11 is 5.81. The van der Waals surface area contributed by atoms with Crippen molar-refractivity contribution in [2.45, 2.75) is 0 Å². The summed E-state index contributed by atoms with van der Waals surface area (Å²) in [5, 5.41) is 0.00648. The van der Waals surface area contributed by atoms with Crippen LogP contribution in [0.4, 0.5) is 14.6 Å². The highest BCUT2D eigenvalue weighted by Gasteiger charge is 2.13. The number of rotatable bonds is 1. The predicted octanol–water partition coefficient (Wildman–Crippen LogP) is 2.66. The lowest BCUT2D eigenvalue weighted by atomic mass is 10.1. The van der Waals surface area contributed by atoms with Crippen LogP contribution in [-0.4, -0.2) is 9.97 Å². The van der Waals surface area contributed by atoms with Gasteiger partial charge in [-0.3, -0.25) is 0 Å². The minimum absolute atomic E-state index is 0.00648. The molecule has 0 saturated heterocycles. The fraction of sp³-hybridized carbons (Fsp3) is 0. The summed E-state index contributed by atoms with van der Waals surface area (Å²) in [5.41, 5.74) is 5.48. The van der Waals surface area contributed by atoms with Gasteiger partial charge >= 0.3 is 0 Å². The molecule has 0 atom stereocenters. The number of benzene rings is 1. The van der Waals surface area contributed by atoms with Crippen molar-refractivity contribution in [2.24, 2.45) is 0 Å². The molecule has 0 saturated carbocycles. The standard InChI is InChI=1S/C10H6ClF2N3/c11-8-9(15-4-16-10(8)14)6-3-5(12)1-2-7(6)13/h1-4H,(H2,14,15,16). The van der Waals surface area contributed by atoms with Crippen LogP contribution >= 0.6 is 11.6 Å². The average molecular weight is 242 g/mol. The van der Waals surface area contributed by atoms with Crippen molar-refractivity contribution in [3.8, 4) is 11.3 Å². The number of anilines is 1. The minimum Gasteiger partial charge on any atom is -0.382 e.